The van der Waals surface area contributed by atoms with Crippen LogP contribution in [-0.2, 0) is 6.54 Å². The van der Waals surface area contributed by atoms with Crippen molar-refractivity contribution < 1.29 is 31.8 Å². The summed E-state index contributed by atoms with van der Waals surface area (Å²) in [4.78, 5) is 35.0. The zero-order valence-electron chi connectivity index (χ0n) is 22.2. The first-order valence-corrected chi connectivity index (χ1v) is 12.5. The van der Waals surface area contributed by atoms with Crippen molar-refractivity contribution in [1.29, 1.82) is 0 Å². The number of carbonyl (C=O) groups is 1. The number of fused-ring (bicyclic) bond motifs is 1. The second-order valence-electron chi connectivity index (χ2n) is 9.14. The van der Waals surface area contributed by atoms with Gasteiger partial charge in [0.15, 0.2) is 17.3 Å². The number of aromatic nitrogens is 3. The Balaban J connectivity index is 1.44. The highest BCUT2D eigenvalue weighted by molar-refractivity contribution is 6.04. The number of hydrogen-bond acceptors (Lipinski definition) is 6. The Labute approximate surface area is 236 Å². The van der Waals surface area contributed by atoms with E-state index in [1.165, 1.54) is 56.8 Å². The molecule has 8 nitrogen and oxygen atoms in total. The van der Waals surface area contributed by atoms with E-state index in [0.29, 0.717) is 16.8 Å². The quantitative estimate of drug-likeness (QED) is 0.215. The molecule has 0 fully saturated rings. The average molecular weight is 579 g/mol. The van der Waals surface area contributed by atoms with E-state index in [-0.39, 0.29) is 34.0 Å². The van der Waals surface area contributed by atoms with Crippen LogP contribution in [0.15, 0.2) is 78.0 Å². The Morgan fingerprint density at radius 2 is 1.79 bits per heavy atom. The summed E-state index contributed by atoms with van der Waals surface area (Å²) in [5.41, 5.74) is -0.00107. The van der Waals surface area contributed by atoms with Gasteiger partial charge in [-0.15, -0.1) is 0 Å². The number of alkyl halides is 2. The van der Waals surface area contributed by atoms with Gasteiger partial charge in [-0.25, -0.2) is 22.5 Å². The monoisotopic (exact) mass is 578 g/mol. The van der Waals surface area contributed by atoms with Gasteiger partial charge in [-0.2, -0.15) is 0 Å². The topological polar surface area (TPSA) is 95.3 Å². The first-order chi connectivity index (χ1) is 20.1. The van der Waals surface area contributed by atoms with Crippen LogP contribution in [-0.4, -0.2) is 34.0 Å². The summed E-state index contributed by atoms with van der Waals surface area (Å²) < 4.78 is 67.1. The second kappa shape index (κ2) is 11.7. The molecule has 0 spiro atoms. The molecule has 0 radical (unpaired) electrons. The molecule has 0 atom stereocenters. The van der Waals surface area contributed by atoms with Crippen LogP contribution in [0.2, 0.25) is 0 Å². The fourth-order valence-electron chi connectivity index (χ4n) is 4.37. The molecule has 0 aliphatic rings. The molecule has 0 saturated heterocycles. The molecular formula is C30H22F4N4O4. The summed E-state index contributed by atoms with van der Waals surface area (Å²) in [6, 6.07) is 11.6. The minimum Gasteiger partial charge on any atom is -0.495 e. The number of nitrogens with one attached hydrogen (secondary N) is 1. The fraction of sp³-hybridized carbons (Fsp3) is 0.133. The van der Waals surface area contributed by atoms with Gasteiger partial charge in [-0.1, -0.05) is 12.1 Å². The molecule has 5 rings (SSSR count). The molecule has 0 bridgehead atoms. The maximum atomic E-state index is 15.1. The number of hydrogen-bond donors (Lipinski definition) is 1. The van der Waals surface area contributed by atoms with Crippen molar-refractivity contribution in [2.24, 2.45) is 0 Å². The van der Waals surface area contributed by atoms with Gasteiger partial charge in [0.1, 0.15) is 22.6 Å². The Kier molecular flexibility index (Phi) is 7.87. The van der Waals surface area contributed by atoms with Crippen LogP contribution in [0.4, 0.5) is 23.2 Å². The number of carbonyl (C=O) groups excluding carboxylic acids is 1. The van der Waals surface area contributed by atoms with E-state index in [2.05, 4.69) is 15.3 Å². The number of halogens is 4. The Morgan fingerprint density at radius 1 is 1.02 bits per heavy atom. The van der Waals surface area contributed by atoms with Crippen molar-refractivity contribution in [3.63, 3.8) is 0 Å². The van der Waals surface area contributed by atoms with Gasteiger partial charge in [0, 0.05) is 47.5 Å². The molecular weight excluding hydrogens is 556 g/mol. The largest absolute Gasteiger partial charge is 0.495 e. The number of rotatable bonds is 8. The summed E-state index contributed by atoms with van der Waals surface area (Å²) >= 11 is 0. The summed E-state index contributed by atoms with van der Waals surface area (Å²) in [6.07, 6.45) is 1.18. The summed E-state index contributed by atoms with van der Waals surface area (Å²) in [6.45, 7) is 0.670. The van der Waals surface area contributed by atoms with E-state index < -0.39 is 41.5 Å². The second-order valence-corrected chi connectivity index (χ2v) is 9.14. The Bertz CT molecular complexity index is 1860. The molecule has 1 N–H and O–H groups in total. The van der Waals surface area contributed by atoms with Crippen LogP contribution in [0.25, 0.3) is 22.2 Å². The van der Waals surface area contributed by atoms with E-state index in [1.807, 2.05) is 0 Å². The zero-order valence-corrected chi connectivity index (χ0v) is 22.2. The summed E-state index contributed by atoms with van der Waals surface area (Å²) in [7, 11) is 1.49. The van der Waals surface area contributed by atoms with Crippen molar-refractivity contribution in [3.8, 4) is 28.4 Å². The number of ether oxygens (including phenoxy) is 2. The average Bonchev–Trinajstić information content (AvgIpc) is 2.96. The van der Waals surface area contributed by atoms with Crippen LogP contribution >= 0.6 is 0 Å². The highest BCUT2D eigenvalue weighted by Crippen LogP contribution is 2.31. The molecule has 2 aromatic carbocycles. The molecule has 3 aromatic heterocycles. The SMILES string of the molecule is COc1cnc2c(Oc3ccc(NC(=O)c4cn(CC(F)F)c(C)c(-c5ccc(F)cc5)c4=O)cc3F)ccnc2c1. The third kappa shape index (κ3) is 5.78. The van der Waals surface area contributed by atoms with Gasteiger partial charge >= 0.3 is 0 Å². The van der Waals surface area contributed by atoms with E-state index in [0.717, 1.165) is 29.0 Å². The van der Waals surface area contributed by atoms with Crippen molar-refractivity contribution in [2.45, 2.75) is 19.9 Å². The lowest BCUT2D eigenvalue weighted by Crippen LogP contribution is -2.27. The first kappa shape index (κ1) is 28.3. The van der Waals surface area contributed by atoms with Gasteiger partial charge in [0.2, 0.25) is 5.43 Å². The van der Waals surface area contributed by atoms with Crippen molar-refractivity contribution in [2.75, 3.05) is 12.4 Å². The van der Waals surface area contributed by atoms with Crippen LogP contribution < -0.4 is 20.2 Å². The van der Waals surface area contributed by atoms with E-state index in [4.69, 9.17) is 9.47 Å². The van der Waals surface area contributed by atoms with Crippen molar-refractivity contribution >= 4 is 22.6 Å². The number of pyridine rings is 3. The van der Waals surface area contributed by atoms with Crippen LogP contribution in [0, 0.1) is 18.6 Å². The summed E-state index contributed by atoms with van der Waals surface area (Å²) in [5, 5.41) is 2.43. The van der Waals surface area contributed by atoms with E-state index in [9.17, 15) is 22.8 Å². The minimum atomic E-state index is -2.78. The Hall–Kier alpha value is -5.26. The summed E-state index contributed by atoms with van der Waals surface area (Å²) in [5.74, 6) is -1.80. The van der Waals surface area contributed by atoms with E-state index >= 15 is 4.39 Å². The van der Waals surface area contributed by atoms with Gasteiger partial charge in [0.05, 0.1) is 25.4 Å². The van der Waals surface area contributed by atoms with Crippen LogP contribution in [0.3, 0.4) is 0 Å². The third-order valence-electron chi connectivity index (χ3n) is 6.42. The van der Waals surface area contributed by atoms with Gasteiger partial charge in [-0.3, -0.25) is 14.6 Å². The van der Waals surface area contributed by atoms with Gasteiger partial charge in [-0.05, 0) is 36.8 Å². The third-order valence-corrected chi connectivity index (χ3v) is 6.42. The first-order valence-electron chi connectivity index (χ1n) is 12.5. The predicted octanol–water partition coefficient (Wildman–Crippen LogP) is 6.36. The standard InChI is InChI=1S/C30H22F4N4O4/c1-16-27(17-3-5-18(31)6-4-17)29(39)21(14-38(16)15-26(33)34)30(40)37-19-7-8-24(22(32)11-19)42-25-9-10-35-23-12-20(41-2)13-36-28(23)25/h3-14,26H,15H2,1-2H3,(H,37,40). The maximum absolute atomic E-state index is 15.1. The molecule has 12 heteroatoms. The molecule has 3 heterocycles. The molecule has 0 unspecified atom stereocenters. The maximum Gasteiger partial charge on any atom is 0.261 e. The molecule has 42 heavy (non-hydrogen) atoms. The number of anilines is 1. The molecule has 214 valence electrons. The highest BCUT2D eigenvalue weighted by Gasteiger charge is 2.21. The van der Waals surface area contributed by atoms with Gasteiger partial charge in [0.25, 0.3) is 12.3 Å². The predicted molar refractivity (Wildman–Crippen MR) is 147 cm³/mol. The lowest BCUT2D eigenvalue weighted by Gasteiger charge is -2.17. The molecule has 0 aliphatic heterocycles. The number of methoxy groups -OCH3 is 1. The van der Waals surface area contributed by atoms with Crippen molar-refractivity contribution in [1.82, 2.24) is 14.5 Å². The lowest BCUT2D eigenvalue weighted by atomic mass is 10.0. The minimum absolute atomic E-state index is 0.0176. The van der Waals surface area contributed by atoms with Crippen molar-refractivity contribution in [3.05, 3.63) is 106 Å². The molecule has 0 saturated carbocycles. The lowest BCUT2D eigenvalue weighted by molar-refractivity contribution is 0.102. The van der Waals surface area contributed by atoms with Gasteiger partial charge < -0.3 is 19.4 Å². The molecule has 5 aromatic rings. The number of amides is 1. The number of benzene rings is 2. The van der Waals surface area contributed by atoms with E-state index in [1.54, 1.807) is 6.07 Å². The zero-order chi connectivity index (χ0) is 30.0. The smallest absolute Gasteiger partial charge is 0.261 e. The van der Waals surface area contributed by atoms with Crippen LogP contribution in [0.1, 0.15) is 16.1 Å². The Morgan fingerprint density at radius 3 is 2.48 bits per heavy atom. The molecule has 1 amide bonds. The van der Waals surface area contributed by atoms with Crippen LogP contribution in [0.5, 0.6) is 17.2 Å². The highest BCUT2D eigenvalue weighted by atomic mass is 19.3. The molecule has 0 aliphatic carbocycles. The number of nitrogens with zero attached hydrogens (tertiary/aromatic N) is 3. The fourth-order valence-corrected chi connectivity index (χ4v) is 4.37. The normalized spacial score (nSPS) is 11.1.